The molecule has 0 aromatic rings. The molecule has 0 aromatic carbocycles. The lowest BCUT2D eigenvalue weighted by atomic mass is 10.3. The van der Waals surface area contributed by atoms with Crippen molar-refractivity contribution < 1.29 is 13.2 Å². The van der Waals surface area contributed by atoms with E-state index in [0.717, 1.165) is 26.2 Å². The van der Waals surface area contributed by atoms with Crippen molar-refractivity contribution in [3.8, 4) is 0 Å². The fourth-order valence-electron chi connectivity index (χ4n) is 1.62. The third-order valence-electron chi connectivity index (χ3n) is 2.74. The second-order valence-electron chi connectivity index (χ2n) is 4.20. The van der Waals surface area contributed by atoms with Crippen LogP contribution in [-0.2, 0) is 14.6 Å². The van der Waals surface area contributed by atoms with Gasteiger partial charge >= 0.3 is 0 Å². The van der Waals surface area contributed by atoms with Gasteiger partial charge in [0.1, 0.15) is 0 Å². The number of rotatable bonds is 6. The predicted octanol–water partition coefficient (Wildman–Crippen LogP) is -0.659. The van der Waals surface area contributed by atoms with Crippen molar-refractivity contribution in [2.45, 2.75) is 13.0 Å². The standard InChI is InChI=1S/C10H22N2O3S/c1-3-16(13,14)7-5-12(2)9-10-8-11-4-6-15-10/h10-11H,3-9H2,1-2H3. The van der Waals surface area contributed by atoms with Gasteiger partial charge in [0, 0.05) is 31.9 Å². The maximum absolute atomic E-state index is 11.3. The van der Waals surface area contributed by atoms with Crippen molar-refractivity contribution in [1.82, 2.24) is 10.2 Å². The first-order valence-electron chi connectivity index (χ1n) is 5.75. The number of hydrogen-bond donors (Lipinski definition) is 1. The van der Waals surface area contributed by atoms with E-state index in [1.165, 1.54) is 0 Å². The molecule has 5 nitrogen and oxygen atoms in total. The van der Waals surface area contributed by atoms with E-state index in [9.17, 15) is 8.42 Å². The van der Waals surface area contributed by atoms with E-state index < -0.39 is 9.84 Å². The topological polar surface area (TPSA) is 58.6 Å². The van der Waals surface area contributed by atoms with Crippen LogP contribution in [0, 0.1) is 0 Å². The number of nitrogens with zero attached hydrogens (tertiary/aromatic N) is 1. The minimum absolute atomic E-state index is 0.183. The monoisotopic (exact) mass is 250 g/mol. The van der Waals surface area contributed by atoms with E-state index in [0.29, 0.717) is 6.54 Å². The van der Waals surface area contributed by atoms with Crippen LogP contribution in [0.5, 0.6) is 0 Å². The molecular weight excluding hydrogens is 228 g/mol. The molecule has 1 rings (SSSR count). The van der Waals surface area contributed by atoms with Crippen LogP contribution in [-0.4, -0.2) is 70.8 Å². The second kappa shape index (κ2) is 6.54. The summed E-state index contributed by atoms with van der Waals surface area (Å²) in [4.78, 5) is 2.02. The fourth-order valence-corrected chi connectivity index (χ4v) is 2.49. The first kappa shape index (κ1) is 13.9. The summed E-state index contributed by atoms with van der Waals surface area (Å²) in [7, 11) is -0.920. The highest BCUT2D eigenvalue weighted by molar-refractivity contribution is 7.91. The van der Waals surface area contributed by atoms with E-state index >= 15 is 0 Å². The molecule has 0 amide bonds. The molecule has 1 N–H and O–H groups in total. The zero-order valence-electron chi connectivity index (χ0n) is 10.1. The molecule has 0 bridgehead atoms. The molecule has 0 aliphatic carbocycles. The summed E-state index contributed by atoms with van der Waals surface area (Å²) >= 11 is 0. The van der Waals surface area contributed by atoms with Crippen molar-refractivity contribution >= 4 is 9.84 Å². The zero-order valence-corrected chi connectivity index (χ0v) is 10.9. The van der Waals surface area contributed by atoms with E-state index in [1.807, 2.05) is 11.9 Å². The number of morpholine rings is 1. The summed E-state index contributed by atoms with van der Waals surface area (Å²) in [5, 5.41) is 3.25. The van der Waals surface area contributed by atoms with Gasteiger partial charge in [-0.05, 0) is 7.05 Å². The average Bonchev–Trinajstić information content (AvgIpc) is 2.28. The van der Waals surface area contributed by atoms with E-state index in [-0.39, 0.29) is 17.6 Å². The Hall–Kier alpha value is -0.170. The Labute approximate surface area is 98.1 Å². The summed E-state index contributed by atoms with van der Waals surface area (Å²) in [5.74, 6) is 0.461. The van der Waals surface area contributed by atoms with Gasteiger partial charge in [0.05, 0.1) is 18.5 Å². The van der Waals surface area contributed by atoms with Crippen molar-refractivity contribution in [1.29, 1.82) is 0 Å². The molecule has 0 aromatic heterocycles. The van der Waals surface area contributed by atoms with Crippen LogP contribution in [0.15, 0.2) is 0 Å². The van der Waals surface area contributed by atoms with Gasteiger partial charge in [-0.25, -0.2) is 8.42 Å². The van der Waals surface area contributed by atoms with Gasteiger partial charge in [0.15, 0.2) is 9.84 Å². The molecule has 1 aliphatic heterocycles. The largest absolute Gasteiger partial charge is 0.374 e. The van der Waals surface area contributed by atoms with Crippen LogP contribution in [0.4, 0.5) is 0 Å². The summed E-state index contributed by atoms with van der Waals surface area (Å²) in [6.07, 6.45) is 0.183. The van der Waals surface area contributed by atoms with E-state index in [1.54, 1.807) is 6.92 Å². The quantitative estimate of drug-likeness (QED) is 0.678. The highest BCUT2D eigenvalue weighted by Gasteiger charge is 2.16. The Morgan fingerprint density at radius 2 is 2.25 bits per heavy atom. The summed E-state index contributed by atoms with van der Waals surface area (Å²) in [6, 6.07) is 0. The first-order valence-corrected chi connectivity index (χ1v) is 7.57. The van der Waals surface area contributed by atoms with Crippen LogP contribution in [0.25, 0.3) is 0 Å². The molecule has 96 valence electrons. The normalized spacial score (nSPS) is 22.6. The lowest BCUT2D eigenvalue weighted by molar-refractivity contribution is 0.0110. The summed E-state index contributed by atoms with van der Waals surface area (Å²) in [5.41, 5.74) is 0. The molecule has 1 fully saturated rings. The molecule has 1 unspecified atom stereocenters. The van der Waals surface area contributed by atoms with Crippen molar-refractivity contribution in [3.05, 3.63) is 0 Å². The minimum Gasteiger partial charge on any atom is -0.374 e. The predicted molar refractivity (Wildman–Crippen MR) is 64.4 cm³/mol. The van der Waals surface area contributed by atoms with Crippen molar-refractivity contribution in [3.63, 3.8) is 0 Å². The van der Waals surface area contributed by atoms with Crippen molar-refractivity contribution in [2.24, 2.45) is 0 Å². The fraction of sp³-hybridized carbons (Fsp3) is 1.00. The molecule has 16 heavy (non-hydrogen) atoms. The second-order valence-corrected chi connectivity index (χ2v) is 6.67. The molecule has 1 heterocycles. The van der Waals surface area contributed by atoms with Gasteiger partial charge in [-0.15, -0.1) is 0 Å². The van der Waals surface area contributed by atoms with Crippen LogP contribution in [0.2, 0.25) is 0 Å². The minimum atomic E-state index is -2.85. The first-order chi connectivity index (χ1) is 7.53. The number of hydrogen-bond acceptors (Lipinski definition) is 5. The molecule has 0 radical (unpaired) electrons. The molecule has 6 heteroatoms. The van der Waals surface area contributed by atoms with E-state index in [4.69, 9.17) is 4.74 Å². The maximum Gasteiger partial charge on any atom is 0.151 e. The Bertz CT molecular complexity index is 286. The molecule has 1 atom stereocenters. The zero-order chi connectivity index (χ0) is 12.0. The lowest BCUT2D eigenvalue weighted by Gasteiger charge is -2.27. The SMILES string of the molecule is CCS(=O)(=O)CCN(C)CC1CNCCO1. The number of nitrogens with one attached hydrogen (secondary N) is 1. The third kappa shape index (κ3) is 5.25. The van der Waals surface area contributed by atoms with E-state index in [2.05, 4.69) is 5.32 Å². The highest BCUT2D eigenvalue weighted by Crippen LogP contribution is 1.99. The Morgan fingerprint density at radius 3 is 2.81 bits per heavy atom. The van der Waals surface area contributed by atoms with Crippen LogP contribution in [0.1, 0.15) is 6.92 Å². The maximum atomic E-state index is 11.3. The highest BCUT2D eigenvalue weighted by atomic mass is 32.2. The van der Waals surface area contributed by atoms with Gasteiger partial charge in [-0.2, -0.15) is 0 Å². The lowest BCUT2D eigenvalue weighted by Crippen LogP contribution is -2.45. The number of likely N-dealkylation sites (N-methyl/N-ethyl adjacent to an activating group) is 1. The molecule has 1 aliphatic rings. The Balaban J connectivity index is 2.22. The van der Waals surface area contributed by atoms with Gasteiger partial charge in [0.25, 0.3) is 0 Å². The number of ether oxygens (including phenoxy) is 1. The third-order valence-corrected chi connectivity index (χ3v) is 4.43. The Morgan fingerprint density at radius 1 is 1.50 bits per heavy atom. The average molecular weight is 250 g/mol. The Kier molecular flexibility index (Phi) is 5.68. The van der Waals surface area contributed by atoms with Gasteiger partial charge in [0.2, 0.25) is 0 Å². The van der Waals surface area contributed by atoms with Crippen molar-refractivity contribution in [2.75, 3.05) is 51.3 Å². The van der Waals surface area contributed by atoms with Crippen LogP contribution in [0.3, 0.4) is 0 Å². The summed E-state index contributed by atoms with van der Waals surface area (Å²) < 4.78 is 28.2. The van der Waals surface area contributed by atoms with Gasteiger partial charge in [-0.3, -0.25) is 0 Å². The molecule has 1 saturated heterocycles. The van der Waals surface area contributed by atoms with Crippen LogP contribution < -0.4 is 5.32 Å². The molecule has 0 saturated carbocycles. The molecular formula is C10H22N2O3S. The number of sulfone groups is 1. The van der Waals surface area contributed by atoms with Gasteiger partial charge < -0.3 is 15.0 Å². The smallest absolute Gasteiger partial charge is 0.151 e. The molecule has 0 spiro atoms. The van der Waals surface area contributed by atoms with Crippen LogP contribution >= 0.6 is 0 Å². The summed E-state index contributed by atoms with van der Waals surface area (Å²) in [6.45, 7) is 5.55. The van der Waals surface area contributed by atoms with Gasteiger partial charge in [-0.1, -0.05) is 6.92 Å².